The van der Waals surface area contributed by atoms with Crippen molar-refractivity contribution >= 4 is 17.8 Å². The van der Waals surface area contributed by atoms with Gasteiger partial charge < -0.3 is 24.7 Å². The second kappa shape index (κ2) is 13.9. The summed E-state index contributed by atoms with van der Waals surface area (Å²) >= 11 is 0. The molecule has 0 aromatic carbocycles. The molecule has 2 aromatic rings. The highest BCUT2D eigenvalue weighted by Gasteiger charge is 2.44. The molecule has 39 heavy (non-hydrogen) atoms. The second-order valence-electron chi connectivity index (χ2n) is 8.53. The molecular formula is C23H25F6N3O7. The lowest BCUT2D eigenvalue weighted by Gasteiger charge is -2.31. The van der Waals surface area contributed by atoms with Gasteiger partial charge >= 0.3 is 24.3 Å². The number of nitrogens with one attached hydrogen (secondary N) is 1. The Morgan fingerprint density at radius 2 is 1.64 bits per heavy atom. The van der Waals surface area contributed by atoms with Crippen LogP contribution in [0.1, 0.15) is 11.3 Å². The quantitative estimate of drug-likeness (QED) is 0.464. The first kappa shape index (κ1) is 31.6. The molecule has 2 aromatic heterocycles. The van der Waals surface area contributed by atoms with Gasteiger partial charge in [-0.05, 0) is 35.6 Å². The lowest BCUT2D eigenvalue weighted by Crippen LogP contribution is -2.44. The molecule has 16 heteroatoms. The molecule has 0 unspecified atom stereocenters. The Kier molecular flexibility index (Phi) is 11.3. The van der Waals surface area contributed by atoms with E-state index in [4.69, 9.17) is 29.0 Å². The molecule has 4 rings (SSSR count). The number of amides is 1. The van der Waals surface area contributed by atoms with E-state index in [1.165, 1.54) is 5.56 Å². The first-order valence-electron chi connectivity index (χ1n) is 11.3. The summed E-state index contributed by atoms with van der Waals surface area (Å²) < 4.78 is 74.5. The number of ether oxygens (including phenoxy) is 1. The van der Waals surface area contributed by atoms with Crippen LogP contribution in [0.15, 0.2) is 47.3 Å². The van der Waals surface area contributed by atoms with E-state index in [-0.39, 0.29) is 11.8 Å². The number of rotatable bonds is 5. The normalized spacial score (nSPS) is 20.9. The maximum Gasteiger partial charge on any atom is 0.490 e. The van der Waals surface area contributed by atoms with Crippen molar-refractivity contribution in [2.75, 3.05) is 26.3 Å². The molecule has 2 aliphatic rings. The third kappa shape index (κ3) is 10.6. The third-order valence-corrected chi connectivity index (χ3v) is 5.68. The fourth-order valence-electron chi connectivity index (χ4n) is 3.96. The Labute approximate surface area is 217 Å². The van der Waals surface area contributed by atoms with Gasteiger partial charge in [-0.1, -0.05) is 6.07 Å². The van der Waals surface area contributed by atoms with Crippen molar-refractivity contribution in [2.45, 2.75) is 25.4 Å². The number of likely N-dealkylation sites (tertiary alicyclic amines) is 1. The number of carbonyl (C=O) groups excluding carboxylic acids is 1. The molecule has 0 saturated carbocycles. The van der Waals surface area contributed by atoms with Crippen LogP contribution in [0, 0.1) is 17.8 Å². The van der Waals surface area contributed by atoms with Crippen LogP contribution < -0.4 is 5.32 Å². The van der Waals surface area contributed by atoms with Crippen molar-refractivity contribution in [1.29, 1.82) is 0 Å². The van der Waals surface area contributed by atoms with Crippen LogP contribution in [-0.4, -0.2) is 76.6 Å². The summed E-state index contributed by atoms with van der Waals surface area (Å²) in [4.78, 5) is 37.0. The Bertz CT molecular complexity index is 1040. The number of aromatic nitrogens is 1. The summed E-state index contributed by atoms with van der Waals surface area (Å²) in [5.74, 6) is -4.00. The highest BCUT2D eigenvalue weighted by molar-refractivity contribution is 5.79. The van der Waals surface area contributed by atoms with E-state index in [2.05, 4.69) is 21.3 Å². The number of hydrogen-bond donors (Lipinski definition) is 3. The van der Waals surface area contributed by atoms with Gasteiger partial charge in [0.2, 0.25) is 5.91 Å². The second-order valence-corrected chi connectivity index (χ2v) is 8.53. The minimum Gasteiger partial charge on any atom is -0.475 e. The largest absolute Gasteiger partial charge is 0.490 e. The molecule has 2 saturated heterocycles. The minimum atomic E-state index is -5.08. The third-order valence-electron chi connectivity index (χ3n) is 5.68. The fraction of sp³-hybridized carbons (Fsp3) is 0.478. The Morgan fingerprint density at radius 3 is 2.15 bits per heavy atom. The molecule has 0 bridgehead atoms. The van der Waals surface area contributed by atoms with Crippen LogP contribution in [0.25, 0.3) is 0 Å². The number of carbonyl (C=O) groups is 3. The summed E-state index contributed by atoms with van der Waals surface area (Å²) in [7, 11) is 0. The molecule has 0 radical (unpaired) electrons. The molecule has 0 spiro atoms. The van der Waals surface area contributed by atoms with E-state index in [1.807, 2.05) is 24.4 Å². The molecule has 216 valence electrons. The molecule has 3 atom stereocenters. The average Bonchev–Trinajstić information content (AvgIpc) is 3.52. The van der Waals surface area contributed by atoms with Gasteiger partial charge in [-0.25, -0.2) is 9.59 Å². The number of nitrogens with zero attached hydrogens (tertiary/aromatic N) is 2. The van der Waals surface area contributed by atoms with Crippen LogP contribution >= 0.6 is 0 Å². The van der Waals surface area contributed by atoms with Gasteiger partial charge in [0.05, 0.1) is 31.9 Å². The zero-order valence-electron chi connectivity index (χ0n) is 20.1. The number of fused-ring (bicyclic) bond motifs is 1. The molecule has 1 amide bonds. The van der Waals surface area contributed by atoms with Crippen LogP contribution in [0.5, 0.6) is 0 Å². The number of carboxylic acids is 2. The first-order valence-corrected chi connectivity index (χ1v) is 11.3. The summed E-state index contributed by atoms with van der Waals surface area (Å²) in [5, 5.41) is 17.2. The fourth-order valence-corrected chi connectivity index (χ4v) is 3.96. The van der Waals surface area contributed by atoms with Gasteiger partial charge in [-0.15, -0.1) is 0 Å². The van der Waals surface area contributed by atoms with Gasteiger partial charge in [0.15, 0.2) is 0 Å². The summed E-state index contributed by atoms with van der Waals surface area (Å²) in [6.07, 6.45) is -4.85. The van der Waals surface area contributed by atoms with E-state index >= 15 is 0 Å². The Morgan fingerprint density at radius 1 is 1.00 bits per heavy atom. The van der Waals surface area contributed by atoms with Gasteiger partial charge in [-0.3, -0.25) is 14.7 Å². The molecule has 0 aliphatic carbocycles. The lowest BCUT2D eigenvalue weighted by molar-refractivity contribution is -0.193. The van der Waals surface area contributed by atoms with Crippen molar-refractivity contribution in [2.24, 2.45) is 17.8 Å². The number of alkyl halides is 6. The van der Waals surface area contributed by atoms with Crippen LogP contribution in [0.3, 0.4) is 0 Å². The van der Waals surface area contributed by atoms with Crippen molar-refractivity contribution in [3.05, 3.63) is 54.2 Å². The SMILES string of the molecule is O=C(NCc1ccco1)[C@@H]1COC[C@H]2CN(Cc3cccnc3)C[C@H]21.O=C(O)C(F)(F)F.O=C(O)C(F)(F)F. The molecule has 2 fully saturated rings. The number of aliphatic carboxylic acids is 2. The van der Waals surface area contributed by atoms with E-state index in [0.29, 0.717) is 25.0 Å². The predicted molar refractivity (Wildman–Crippen MR) is 119 cm³/mol. The number of halogens is 6. The lowest BCUT2D eigenvalue weighted by atomic mass is 9.82. The van der Waals surface area contributed by atoms with Crippen LogP contribution in [0.4, 0.5) is 26.3 Å². The molecule has 2 aliphatic heterocycles. The Balaban J connectivity index is 0.000000317. The molecule has 4 heterocycles. The van der Waals surface area contributed by atoms with Gasteiger partial charge in [-0.2, -0.15) is 26.3 Å². The van der Waals surface area contributed by atoms with Gasteiger partial charge in [0.1, 0.15) is 5.76 Å². The maximum absolute atomic E-state index is 12.6. The summed E-state index contributed by atoms with van der Waals surface area (Å²) in [5.41, 5.74) is 1.21. The highest BCUT2D eigenvalue weighted by Crippen LogP contribution is 2.35. The van der Waals surface area contributed by atoms with Gasteiger partial charge in [0, 0.05) is 32.0 Å². The number of pyridine rings is 1. The van der Waals surface area contributed by atoms with E-state index in [0.717, 1.165) is 32.0 Å². The number of carboxylic acid groups (broad SMARTS) is 2. The van der Waals surface area contributed by atoms with E-state index in [1.54, 1.807) is 12.5 Å². The topological polar surface area (TPSA) is 142 Å². The van der Waals surface area contributed by atoms with Crippen LogP contribution in [-0.2, 0) is 32.2 Å². The van der Waals surface area contributed by atoms with Crippen molar-refractivity contribution in [3.63, 3.8) is 0 Å². The zero-order valence-corrected chi connectivity index (χ0v) is 20.1. The van der Waals surface area contributed by atoms with E-state index in [9.17, 15) is 31.1 Å². The predicted octanol–water partition coefficient (Wildman–Crippen LogP) is 2.95. The minimum absolute atomic E-state index is 0.0642. The summed E-state index contributed by atoms with van der Waals surface area (Å²) in [6, 6.07) is 7.76. The monoisotopic (exact) mass is 569 g/mol. The van der Waals surface area contributed by atoms with Crippen molar-refractivity contribution < 1.29 is 60.1 Å². The zero-order chi connectivity index (χ0) is 29.2. The molecule has 10 nitrogen and oxygen atoms in total. The first-order chi connectivity index (χ1) is 18.2. The number of hydrogen-bond acceptors (Lipinski definition) is 7. The number of furan rings is 1. The maximum atomic E-state index is 12.6. The van der Waals surface area contributed by atoms with E-state index < -0.39 is 24.3 Å². The molecular weight excluding hydrogens is 544 g/mol. The molecule has 3 N–H and O–H groups in total. The summed E-state index contributed by atoms with van der Waals surface area (Å²) in [6.45, 7) is 4.46. The Hall–Kier alpha value is -3.66. The van der Waals surface area contributed by atoms with Crippen molar-refractivity contribution in [3.8, 4) is 0 Å². The van der Waals surface area contributed by atoms with Crippen molar-refractivity contribution in [1.82, 2.24) is 15.2 Å². The standard InChI is InChI=1S/C19H23N3O3.2C2HF3O2/c23-19(21-8-16-4-2-6-25-16)18-13-24-12-15-10-22(11-17(15)18)9-14-3-1-5-20-7-14;2*3-2(4,5)1(6)7/h1-7,15,17-18H,8-13H2,(H,21,23);2*(H,6,7)/t15-,17-,18-;;/m1../s1. The smallest absolute Gasteiger partial charge is 0.475 e. The van der Waals surface area contributed by atoms with Gasteiger partial charge in [0.25, 0.3) is 0 Å². The highest BCUT2D eigenvalue weighted by atomic mass is 19.4. The average molecular weight is 569 g/mol. The van der Waals surface area contributed by atoms with Crippen LogP contribution in [0.2, 0.25) is 0 Å².